The summed E-state index contributed by atoms with van der Waals surface area (Å²) < 4.78 is 1.19. The Kier molecular flexibility index (Phi) is 2.88. The molecule has 0 spiro atoms. The van der Waals surface area contributed by atoms with Crippen molar-refractivity contribution < 1.29 is 0 Å². The molecule has 0 radical (unpaired) electrons. The lowest BCUT2D eigenvalue weighted by Gasteiger charge is -2.22. The van der Waals surface area contributed by atoms with E-state index in [1.807, 2.05) is 6.92 Å². The molecular weight excluding hydrogens is 266 g/mol. The summed E-state index contributed by atoms with van der Waals surface area (Å²) in [6, 6.07) is 4.17. The molecule has 3 unspecified atom stereocenters. The van der Waals surface area contributed by atoms with E-state index in [9.17, 15) is 0 Å². The van der Waals surface area contributed by atoms with Crippen LogP contribution in [0.5, 0.6) is 0 Å². The molecule has 3 N–H and O–H groups in total. The highest BCUT2D eigenvalue weighted by Crippen LogP contribution is 2.48. The molecule has 2 aromatic rings. The Morgan fingerprint density at radius 1 is 1.35 bits per heavy atom. The van der Waals surface area contributed by atoms with Gasteiger partial charge >= 0.3 is 0 Å². The predicted octanol–water partition coefficient (Wildman–Crippen LogP) is 4.04. The number of nitrogens with two attached hydrogens (primary N) is 1. The molecule has 2 aliphatic carbocycles. The van der Waals surface area contributed by atoms with Gasteiger partial charge in [-0.25, -0.2) is 4.98 Å². The van der Waals surface area contributed by atoms with Gasteiger partial charge in [-0.3, -0.25) is 0 Å². The first-order valence-corrected chi connectivity index (χ1v) is 8.41. The number of thiazole rings is 1. The van der Waals surface area contributed by atoms with Gasteiger partial charge in [0, 0.05) is 6.54 Å². The van der Waals surface area contributed by atoms with Crippen LogP contribution in [0.2, 0.25) is 0 Å². The fourth-order valence-corrected chi connectivity index (χ4v) is 4.98. The average Bonchev–Trinajstić information content (AvgIpc) is 3.09. The second kappa shape index (κ2) is 4.62. The lowest BCUT2D eigenvalue weighted by atomic mass is 9.89. The van der Waals surface area contributed by atoms with Crippen molar-refractivity contribution >= 4 is 32.9 Å². The van der Waals surface area contributed by atoms with Gasteiger partial charge < -0.3 is 11.1 Å². The molecule has 0 saturated heterocycles. The summed E-state index contributed by atoms with van der Waals surface area (Å²) in [6.45, 7) is 3.11. The molecule has 20 heavy (non-hydrogen) atoms. The molecule has 4 rings (SSSR count). The third-order valence-corrected chi connectivity index (χ3v) is 6.04. The van der Waals surface area contributed by atoms with Crippen molar-refractivity contribution in [2.24, 2.45) is 17.8 Å². The predicted molar refractivity (Wildman–Crippen MR) is 86.2 cm³/mol. The van der Waals surface area contributed by atoms with Crippen molar-refractivity contribution in [3.8, 4) is 0 Å². The van der Waals surface area contributed by atoms with Gasteiger partial charge in [-0.15, -0.1) is 11.3 Å². The molecule has 1 aromatic carbocycles. The van der Waals surface area contributed by atoms with Crippen molar-refractivity contribution in [1.29, 1.82) is 0 Å². The van der Waals surface area contributed by atoms with Crippen LogP contribution >= 0.6 is 11.3 Å². The Labute approximate surface area is 123 Å². The van der Waals surface area contributed by atoms with Crippen LogP contribution in [0, 0.1) is 24.7 Å². The van der Waals surface area contributed by atoms with E-state index in [4.69, 9.17) is 5.73 Å². The number of anilines is 2. The summed E-state index contributed by atoms with van der Waals surface area (Å²) in [5, 5.41) is 4.68. The Bertz CT molecular complexity index is 648. The van der Waals surface area contributed by atoms with E-state index in [1.165, 1.54) is 30.4 Å². The summed E-state index contributed by atoms with van der Waals surface area (Å²) in [7, 11) is 0. The molecule has 4 heteroatoms. The van der Waals surface area contributed by atoms with Crippen molar-refractivity contribution in [2.45, 2.75) is 32.6 Å². The first-order chi connectivity index (χ1) is 9.69. The van der Waals surface area contributed by atoms with E-state index in [0.717, 1.165) is 46.2 Å². The zero-order valence-corrected chi connectivity index (χ0v) is 12.7. The number of aromatic nitrogens is 1. The fourth-order valence-electron chi connectivity index (χ4n) is 4.13. The Morgan fingerprint density at radius 2 is 2.25 bits per heavy atom. The number of rotatable bonds is 3. The topological polar surface area (TPSA) is 50.9 Å². The molecular formula is C16H21N3S. The summed E-state index contributed by atoms with van der Waals surface area (Å²) in [5.41, 5.74) is 9.15. The maximum absolute atomic E-state index is 6.17. The van der Waals surface area contributed by atoms with Gasteiger partial charge in [0.2, 0.25) is 0 Å². The van der Waals surface area contributed by atoms with E-state index < -0.39 is 0 Å². The zero-order valence-electron chi connectivity index (χ0n) is 11.9. The summed E-state index contributed by atoms with van der Waals surface area (Å²) >= 11 is 1.71. The van der Waals surface area contributed by atoms with Gasteiger partial charge in [0.1, 0.15) is 0 Å². The number of fused-ring (bicyclic) bond motifs is 3. The number of benzene rings is 1. The highest BCUT2D eigenvalue weighted by molar-refractivity contribution is 7.18. The molecule has 2 saturated carbocycles. The van der Waals surface area contributed by atoms with Crippen molar-refractivity contribution in [3.63, 3.8) is 0 Å². The van der Waals surface area contributed by atoms with Gasteiger partial charge in [-0.2, -0.15) is 0 Å². The molecule has 2 aliphatic rings. The van der Waals surface area contributed by atoms with Crippen molar-refractivity contribution in [2.75, 3.05) is 17.6 Å². The molecule has 0 aliphatic heterocycles. The third-order valence-electron chi connectivity index (χ3n) is 5.11. The lowest BCUT2D eigenvalue weighted by Crippen LogP contribution is -2.20. The summed E-state index contributed by atoms with van der Waals surface area (Å²) in [5.74, 6) is 2.81. The van der Waals surface area contributed by atoms with E-state index in [0.29, 0.717) is 0 Å². The molecule has 3 nitrogen and oxygen atoms in total. The largest absolute Gasteiger partial charge is 0.397 e. The number of nitrogen functional groups attached to an aromatic ring is 1. The van der Waals surface area contributed by atoms with Crippen LogP contribution in [-0.4, -0.2) is 11.5 Å². The molecule has 2 bridgehead atoms. The molecule has 1 aromatic heterocycles. The first-order valence-electron chi connectivity index (χ1n) is 7.59. The maximum Gasteiger partial charge on any atom is 0.0907 e. The number of nitrogens with zero attached hydrogens (tertiary/aromatic N) is 1. The molecule has 2 fully saturated rings. The van der Waals surface area contributed by atoms with Crippen LogP contribution in [-0.2, 0) is 0 Å². The standard InChI is InChI=1S/C16H21N3S/c1-9-19-15-7-14(13(17)6-16(15)20-9)18-8-12-5-10-2-3-11(12)4-10/h6-7,10-12,18H,2-5,8,17H2,1H3. The lowest BCUT2D eigenvalue weighted by molar-refractivity contribution is 0.348. The van der Waals surface area contributed by atoms with Crippen LogP contribution in [0.4, 0.5) is 11.4 Å². The smallest absolute Gasteiger partial charge is 0.0907 e. The van der Waals surface area contributed by atoms with Gasteiger partial charge in [-0.05, 0) is 56.1 Å². The van der Waals surface area contributed by atoms with Crippen LogP contribution in [0.1, 0.15) is 30.7 Å². The van der Waals surface area contributed by atoms with E-state index in [-0.39, 0.29) is 0 Å². The van der Waals surface area contributed by atoms with E-state index in [2.05, 4.69) is 22.4 Å². The number of nitrogens with one attached hydrogen (secondary N) is 1. The number of hydrogen-bond acceptors (Lipinski definition) is 4. The highest BCUT2D eigenvalue weighted by Gasteiger charge is 2.39. The van der Waals surface area contributed by atoms with Gasteiger partial charge in [-0.1, -0.05) is 6.42 Å². The van der Waals surface area contributed by atoms with Crippen LogP contribution in [0.25, 0.3) is 10.2 Å². The Hall–Kier alpha value is -1.29. The van der Waals surface area contributed by atoms with Crippen molar-refractivity contribution in [1.82, 2.24) is 4.98 Å². The van der Waals surface area contributed by atoms with E-state index >= 15 is 0 Å². The normalized spacial score (nSPS) is 28.4. The third kappa shape index (κ3) is 2.06. The Morgan fingerprint density at radius 3 is 3.00 bits per heavy atom. The van der Waals surface area contributed by atoms with Crippen LogP contribution in [0.15, 0.2) is 12.1 Å². The number of aryl methyl sites for hydroxylation is 1. The molecule has 106 valence electrons. The monoisotopic (exact) mass is 287 g/mol. The SMILES string of the molecule is Cc1nc2cc(NCC3CC4CCC3C4)c(N)cc2s1. The molecule has 1 heterocycles. The average molecular weight is 287 g/mol. The molecule has 3 atom stereocenters. The second-order valence-corrected chi connectivity index (χ2v) is 7.69. The maximum atomic E-state index is 6.17. The minimum Gasteiger partial charge on any atom is -0.397 e. The second-order valence-electron chi connectivity index (χ2n) is 6.46. The quantitative estimate of drug-likeness (QED) is 0.838. The first kappa shape index (κ1) is 12.5. The van der Waals surface area contributed by atoms with Gasteiger partial charge in [0.05, 0.1) is 26.6 Å². The van der Waals surface area contributed by atoms with Gasteiger partial charge in [0.15, 0.2) is 0 Å². The summed E-state index contributed by atoms with van der Waals surface area (Å²) in [6.07, 6.45) is 5.78. The van der Waals surface area contributed by atoms with Crippen molar-refractivity contribution in [3.05, 3.63) is 17.1 Å². The van der Waals surface area contributed by atoms with E-state index in [1.54, 1.807) is 11.3 Å². The van der Waals surface area contributed by atoms with Crippen LogP contribution in [0.3, 0.4) is 0 Å². The van der Waals surface area contributed by atoms with Gasteiger partial charge in [0.25, 0.3) is 0 Å². The number of hydrogen-bond donors (Lipinski definition) is 2. The Balaban J connectivity index is 1.52. The minimum absolute atomic E-state index is 0.848. The molecule has 0 amide bonds. The fraction of sp³-hybridized carbons (Fsp3) is 0.562. The zero-order chi connectivity index (χ0) is 13.7. The summed E-state index contributed by atoms with van der Waals surface area (Å²) in [4.78, 5) is 4.56. The highest BCUT2D eigenvalue weighted by atomic mass is 32.1. The van der Waals surface area contributed by atoms with Crippen LogP contribution < -0.4 is 11.1 Å². The minimum atomic E-state index is 0.848.